The van der Waals surface area contributed by atoms with E-state index in [1.165, 1.54) is 0 Å². The van der Waals surface area contributed by atoms with Crippen LogP contribution in [0.4, 0.5) is 0 Å². The van der Waals surface area contributed by atoms with E-state index in [0.717, 1.165) is 26.0 Å². The first-order valence-electron chi connectivity index (χ1n) is 4.60. The van der Waals surface area contributed by atoms with Crippen molar-refractivity contribution in [3.05, 3.63) is 0 Å². The van der Waals surface area contributed by atoms with Crippen LogP contribution in [-0.4, -0.2) is 18.9 Å². The molecule has 0 aliphatic carbocycles. The molecule has 0 radical (unpaired) electrons. The highest BCUT2D eigenvalue weighted by Crippen LogP contribution is 2.25. The van der Waals surface area contributed by atoms with Crippen molar-refractivity contribution in [2.45, 2.75) is 39.3 Å². The molecule has 66 valence electrons. The van der Waals surface area contributed by atoms with Crippen molar-refractivity contribution >= 4 is 0 Å². The third-order valence-electron chi connectivity index (χ3n) is 2.56. The fourth-order valence-electron chi connectivity index (χ4n) is 1.68. The molecule has 1 aliphatic rings. The molecule has 0 saturated carbocycles. The van der Waals surface area contributed by atoms with Gasteiger partial charge >= 0.3 is 0 Å². The van der Waals surface area contributed by atoms with Crippen LogP contribution in [0, 0.1) is 5.92 Å². The maximum atomic E-state index is 5.77. The second-order valence-corrected chi connectivity index (χ2v) is 3.53. The van der Waals surface area contributed by atoms with E-state index in [2.05, 4.69) is 26.1 Å². The normalized spacial score (nSPS) is 32.7. The summed E-state index contributed by atoms with van der Waals surface area (Å²) in [6, 6.07) is 0. The molecule has 1 heterocycles. The van der Waals surface area contributed by atoms with E-state index >= 15 is 0 Å². The lowest BCUT2D eigenvalue weighted by atomic mass is 9.95. The molecule has 0 bridgehead atoms. The van der Waals surface area contributed by atoms with Gasteiger partial charge in [0.1, 0.15) is 5.72 Å². The van der Waals surface area contributed by atoms with E-state index in [0.29, 0.717) is 5.92 Å². The number of ether oxygens (including phenoxy) is 1. The van der Waals surface area contributed by atoms with Crippen LogP contribution in [0.25, 0.3) is 0 Å². The van der Waals surface area contributed by atoms with Crippen molar-refractivity contribution in [3.8, 4) is 0 Å². The Balaban J connectivity index is 2.57. The van der Waals surface area contributed by atoms with E-state index in [4.69, 9.17) is 4.74 Å². The Labute approximate surface area is 69.3 Å². The van der Waals surface area contributed by atoms with Gasteiger partial charge < -0.3 is 4.74 Å². The summed E-state index contributed by atoms with van der Waals surface area (Å²) in [4.78, 5) is 0. The van der Waals surface area contributed by atoms with Gasteiger partial charge in [0.2, 0.25) is 0 Å². The molecule has 0 aromatic carbocycles. The summed E-state index contributed by atoms with van der Waals surface area (Å²) in [7, 11) is 0. The molecule has 2 nitrogen and oxygen atoms in total. The van der Waals surface area contributed by atoms with Crippen molar-refractivity contribution in [1.29, 1.82) is 0 Å². The van der Waals surface area contributed by atoms with Crippen LogP contribution in [0.5, 0.6) is 0 Å². The van der Waals surface area contributed by atoms with Gasteiger partial charge in [-0.25, -0.2) is 0 Å². The number of hydrogen-bond acceptors (Lipinski definition) is 2. The smallest absolute Gasteiger partial charge is 0.121 e. The van der Waals surface area contributed by atoms with Crippen LogP contribution in [0.2, 0.25) is 0 Å². The first-order chi connectivity index (χ1) is 5.21. The maximum absolute atomic E-state index is 5.77. The summed E-state index contributed by atoms with van der Waals surface area (Å²) in [5.41, 5.74) is -0.0295. The lowest BCUT2D eigenvalue weighted by Gasteiger charge is -2.41. The van der Waals surface area contributed by atoms with Crippen LogP contribution >= 0.6 is 0 Å². The minimum Gasteiger partial charge on any atom is -0.360 e. The first-order valence-corrected chi connectivity index (χ1v) is 4.60. The Bertz CT molecular complexity index is 117. The summed E-state index contributed by atoms with van der Waals surface area (Å²) in [6.07, 6.45) is 2.21. The average molecular weight is 157 g/mol. The molecule has 0 aromatic rings. The molecular formula is C9H19NO. The van der Waals surface area contributed by atoms with Crippen molar-refractivity contribution in [2.24, 2.45) is 5.92 Å². The molecule has 0 amide bonds. The highest BCUT2D eigenvalue weighted by Gasteiger charge is 2.33. The Morgan fingerprint density at radius 2 is 2.27 bits per heavy atom. The standard InChI is InChI=1S/C9H19NO/c1-4-9(8(2)3)10-6-5-7-11-9/h8,10H,4-7H2,1-3H3. The summed E-state index contributed by atoms with van der Waals surface area (Å²) < 4.78 is 5.77. The number of rotatable bonds is 2. The molecule has 1 atom stereocenters. The van der Waals surface area contributed by atoms with Crippen molar-refractivity contribution in [2.75, 3.05) is 13.2 Å². The molecule has 1 N–H and O–H groups in total. The third-order valence-corrected chi connectivity index (χ3v) is 2.56. The fraction of sp³-hybridized carbons (Fsp3) is 1.00. The van der Waals surface area contributed by atoms with Crippen LogP contribution in [0.15, 0.2) is 0 Å². The second kappa shape index (κ2) is 3.55. The van der Waals surface area contributed by atoms with E-state index < -0.39 is 0 Å². The average Bonchev–Trinajstić information content (AvgIpc) is 2.05. The highest BCUT2D eigenvalue weighted by atomic mass is 16.5. The summed E-state index contributed by atoms with van der Waals surface area (Å²) in [6.45, 7) is 8.62. The van der Waals surface area contributed by atoms with Gasteiger partial charge in [-0.1, -0.05) is 20.8 Å². The second-order valence-electron chi connectivity index (χ2n) is 3.53. The Morgan fingerprint density at radius 1 is 1.55 bits per heavy atom. The van der Waals surface area contributed by atoms with Gasteiger partial charge in [-0.05, 0) is 25.3 Å². The third kappa shape index (κ3) is 1.74. The summed E-state index contributed by atoms with van der Waals surface area (Å²) in [5.74, 6) is 0.563. The summed E-state index contributed by atoms with van der Waals surface area (Å²) in [5, 5.41) is 3.46. The van der Waals surface area contributed by atoms with Crippen LogP contribution < -0.4 is 5.32 Å². The van der Waals surface area contributed by atoms with E-state index in [9.17, 15) is 0 Å². The van der Waals surface area contributed by atoms with E-state index in [1.807, 2.05) is 0 Å². The zero-order chi connectivity index (χ0) is 8.32. The quantitative estimate of drug-likeness (QED) is 0.659. The fourth-order valence-corrected chi connectivity index (χ4v) is 1.68. The topological polar surface area (TPSA) is 21.3 Å². The molecule has 1 rings (SSSR count). The maximum Gasteiger partial charge on any atom is 0.121 e. The van der Waals surface area contributed by atoms with Gasteiger partial charge in [0, 0.05) is 0 Å². The Kier molecular flexibility index (Phi) is 2.90. The lowest BCUT2D eigenvalue weighted by Crippen LogP contribution is -2.55. The monoisotopic (exact) mass is 157 g/mol. The lowest BCUT2D eigenvalue weighted by molar-refractivity contribution is -0.127. The molecule has 1 fully saturated rings. The van der Waals surface area contributed by atoms with E-state index in [1.54, 1.807) is 0 Å². The molecule has 0 aromatic heterocycles. The minimum atomic E-state index is -0.0295. The molecule has 1 saturated heterocycles. The SMILES string of the molecule is CCC1(C(C)C)NCCCO1. The van der Waals surface area contributed by atoms with Gasteiger partial charge in [0.25, 0.3) is 0 Å². The van der Waals surface area contributed by atoms with Gasteiger partial charge in [-0.3, -0.25) is 5.32 Å². The molecule has 1 aliphatic heterocycles. The highest BCUT2D eigenvalue weighted by molar-refractivity contribution is 4.82. The van der Waals surface area contributed by atoms with E-state index in [-0.39, 0.29) is 5.72 Å². The predicted molar refractivity (Wildman–Crippen MR) is 46.4 cm³/mol. The number of hydrogen-bond donors (Lipinski definition) is 1. The van der Waals surface area contributed by atoms with Crippen molar-refractivity contribution in [3.63, 3.8) is 0 Å². The van der Waals surface area contributed by atoms with Crippen molar-refractivity contribution < 1.29 is 4.74 Å². The Morgan fingerprint density at radius 3 is 2.55 bits per heavy atom. The molecular weight excluding hydrogens is 138 g/mol. The van der Waals surface area contributed by atoms with Gasteiger partial charge in [0.15, 0.2) is 0 Å². The zero-order valence-electron chi connectivity index (χ0n) is 7.81. The molecule has 1 unspecified atom stereocenters. The zero-order valence-corrected chi connectivity index (χ0v) is 7.81. The van der Waals surface area contributed by atoms with Gasteiger partial charge in [-0.15, -0.1) is 0 Å². The summed E-state index contributed by atoms with van der Waals surface area (Å²) >= 11 is 0. The van der Waals surface area contributed by atoms with Crippen LogP contribution in [-0.2, 0) is 4.74 Å². The van der Waals surface area contributed by atoms with Gasteiger partial charge in [0.05, 0.1) is 6.61 Å². The van der Waals surface area contributed by atoms with Crippen LogP contribution in [0.3, 0.4) is 0 Å². The first kappa shape index (κ1) is 9.01. The van der Waals surface area contributed by atoms with Gasteiger partial charge in [-0.2, -0.15) is 0 Å². The molecule has 11 heavy (non-hydrogen) atoms. The van der Waals surface area contributed by atoms with Crippen LogP contribution in [0.1, 0.15) is 33.6 Å². The van der Waals surface area contributed by atoms with Crippen molar-refractivity contribution in [1.82, 2.24) is 5.32 Å². The predicted octanol–water partition coefficient (Wildman–Crippen LogP) is 1.76. The Hall–Kier alpha value is -0.0800. The minimum absolute atomic E-state index is 0.0295. The molecule has 2 heteroatoms. The largest absolute Gasteiger partial charge is 0.360 e. The number of nitrogens with one attached hydrogen (secondary N) is 1. The molecule has 0 spiro atoms.